The van der Waals surface area contributed by atoms with E-state index in [1.54, 1.807) is 6.07 Å². The first-order valence-electron chi connectivity index (χ1n) is 14.7. The first-order valence-corrected chi connectivity index (χ1v) is 14.7. The van der Waals surface area contributed by atoms with Crippen molar-refractivity contribution in [3.05, 3.63) is 121 Å². The maximum atomic E-state index is 13.9. The SMILES string of the molecule is CCCC=c1c(=CCc2cc(Cc3cc4ccccc4[nH]c3=O)on2)nc(CCCCC(=O)O)n(-c2ccc(F)cc2)c1=O. The second-order valence-corrected chi connectivity index (χ2v) is 10.6. The van der Waals surface area contributed by atoms with Gasteiger partial charge >= 0.3 is 5.97 Å². The Morgan fingerprint density at radius 1 is 1.07 bits per heavy atom. The van der Waals surface area contributed by atoms with Crippen molar-refractivity contribution >= 4 is 29.0 Å². The molecule has 0 unspecified atom stereocenters. The van der Waals surface area contributed by atoms with Crippen LogP contribution in [0.15, 0.2) is 74.8 Å². The van der Waals surface area contributed by atoms with Gasteiger partial charge < -0.3 is 14.6 Å². The van der Waals surface area contributed by atoms with Gasteiger partial charge in [0.15, 0.2) is 0 Å². The third kappa shape index (κ3) is 7.26. The number of carboxylic acids is 1. The number of unbranched alkanes of at least 4 members (excludes halogenated alkanes) is 2. The molecule has 0 bridgehead atoms. The van der Waals surface area contributed by atoms with Gasteiger partial charge in [-0.3, -0.25) is 19.0 Å². The minimum atomic E-state index is -0.885. The third-order valence-electron chi connectivity index (χ3n) is 7.29. The number of nitrogens with zero attached hydrogens (tertiary/aromatic N) is 3. The van der Waals surface area contributed by atoms with E-state index in [-0.39, 0.29) is 24.0 Å². The first kappa shape index (κ1) is 30.3. The number of nitrogens with one attached hydrogen (secondary N) is 1. The van der Waals surface area contributed by atoms with Crippen molar-refractivity contribution in [2.45, 2.75) is 58.3 Å². The average Bonchev–Trinajstić information content (AvgIpc) is 3.46. The number of pyridine rings is 1. The van der Waals surface area contributed by atoms with E-state index in [9.17, 15) is 18.8 Å². The largest absolute Gasteiger partial charge is 0.481 e. The molecule has 0 fully saturated rings. The standard InChI is InChI=1S/C34H33FN4O5/c1-2-3-9-28-30(36-31(11-6-7-12-32(40)41)39(34(28)43)26-16-13-24(35)14-17-26)18-15-25-21-27(44-38-25)20-23-19-22-8-4-5-10-29(22)37-33(23)42/h4-5,8-10,13-14,16-19,21H,2-3,6-7,11-12,15,20H2,1H3,(H,37,42)(H,40,41). The zero-order valence-corrected chi connectivity index (χ0v) is 24.4. The van der Waals surface area contributed by atoms with Gasteiger partial charge in [-0.05, 0) is 61.0 Å². The summed E-state index contributed by atoms with van der Waals surface area (Å²) in [6, 6.07) is 16.8. The van der Waals surface area contributed by atoms with Crippen molar-refractivity contribution in [1.82, 2.24) is 19.7 Å². The lowest BCUT2D eigenvalue weighted by Crippen LogP contribution is -2.48. The smallest absolute Gasteiger partial charge is 0.303 e. The molecule has 0 aliphatic heterocycles. The molecule has 0 aliphatic carbocycles. The number of aliphatic carboxylic acids is 1. The fraction of sp³-hybridized carbons (Fsp3) is 0.265. The molecule has 10 heteroatoms. The number of aromatic amines is 1. The lowest BCUT2D eigenvalue weighted by molar-refractivity contribution is -0.137. The van der Waals surface area contributed by atoms with Crippen LogP contribution in [0.25, 0.3) is 28.7 Å². The minimum Gasteiger partial charge on any atom is -0.481 e. The van der Waals surface area contributed by atoms with Crippen LogP contribution in [0.2, 0.25) is 0 Å². The molecule has 0 spiro atoms. The number of H-pyrrole nitrogens is 1. The Bertz CT molecular complexity index is 2030. The number of aromatic nitrogens is 4. The molecule has 0 radical (unpaired) electrons. The predicted octanol–water partition coefficient (Wildman–Crippen LogP) is 4.19. The number of aryl methyl sites for hydroxylation is 1. The molecule has 0 saturated carbocycles. The van der Waals surface area contributed by atoms with Crippen molar-refractivity contribution in [3.8, 4) is 5.69 Å². The molecule has 5 rings (SSSR count). The Morgan fingerprint density at radius 3 is 2.64 bits per heavy atom. The quantitative estimate of drug-likeness (QED) is 0.207. The van der Waals surface area contributed by atoms with Gasteiger partial charge in [0.2, 0.25) is 0 Å². The van der Waals surface area contributed by atoms with E-state index in [1.165, 1.54) is 28.8 Å². The molecular formula is C34H33FN4O5. The first-order chi connectivity index (χ1) is 21.3. The van der Waals surface area contributed by atoms with Crippen LogP contribution in [0.5, 0.6) is 0 Å². The summed E-state index contributed by atoms with van der Waals surface area (Å²) in [4.78, 5) is 45.3. The van der Waals surface area contributed by atoms with Gasteiger partial charge in [-0.2, -0.15) is 0 Å². The molecule has 0 saturated heterocycles. The number of hydrogen-bond donors (Lipinski definition) is 2. The van der Waals surface area contributed by atoms with E-state index in [0.717, 1.165) is 17.3 Å². The molecule has 0 aliphatic rings. The van der Waals surface area contributed by atoms with Gasteiger partial charge in [0.05, 0.1) is 21.9 Å². The van der Waals surface area contributed by atoms with Gasteiger partial charge in [-0.15, -0.1) is 0 Å². The summed E-state index contributed by atoms with van der Waals surface area (Å²) in [5.74, 6) is -0.309. The summed E-state index contributed by atoms with van der Waals surface area (Å²) in [5.41, 5.74) is 1.96. The summed E-state index contributed by atoms with van der Waals surface area (Å²) >= 11 is 0. The van der Waals surface area contributed by atoms with Gasteiger partial charge in [0.25, 0.3) is 11.1 Å². The molecule has 5 aromatic rings. The fourth-order valence-corrected chi connectivity index (χ4v) is 5.06. The number of carboxylic acid groups (broad SMARTS) is 1. The third-order valence-corrected chi connectivity index (χ3v) is 7.29. The molecular weight excluding hydrogens is 563 g/mol. The highest BCUT2D eigenvalue weighted by Gasteiger charge is 2.13. The Hall–Kier alpha value is -5.12. The Balaban J connectivity index is 1.49. The summed E-state index contributed by atoms with van der Waals surface area (Å²) in [7, 11) is 0. The minimum absolute atomic E-state index is 0.0156. The molecule has 9 nitrogen and oxygen atoms in total. The summed E-state index contributed by atoms with van der Waals surface area (Å²) in [6.07, 6.45) is 7.09. The van der Waals surface area contributed by atoms with E-state index in [2.05, 4.69) is 10.1 Å². The molecule has 2 N–H and O–H groups in total. The highest BCUT2D eigenvalue weighted by atomic mass is 19.1. The van der Waals surface area contributed by atoms with E-state index >= 15 is 0 Å². The van der Waals surface area contributed by atoms with Gasteiger partial charge in [0, 0.05) is 42.8 Å². The van der Waals surface area contributed by atoms with E-state index in [0.29, 0.717) is 71.2 Å². The number of fused-ring (bicyclic) bond motifs is 1. The molecule has 3 heterocycles. The van der Waals surface area contributed by atoms with Gasteiger partial charge in [0.1, 0.15) is 17.4 Å². The second kappa shape index (κ2) is 13.9. The van der Waals surface area contributed by atoms with Crippen molar-refractivity contribution in [2.75, 3.05) is 0 Å². The van der Waals surface area contributed by atoms with Crippen molar-refractivity contribution in [2.24, 2.45) is 0 Å². The lowest BCUT2D eigenvalue weighted by Gasteiger charge is -2.13. The van der Waals surface area contributed by atoms with Crippen LogP contribution in [-0.2, 0) is 24.1 Å². The highest BCUT2D eigenvalue weighted by Crippen LogP contribution is 2.15. The molecule has 2 aromatic carbocycles. The molecule has 0 atom stereocenters. The summed E-state index contributed by atoms with van der Waals surface area (Å²) < 4.78 is 20.7. The summed E-state index contributed by atoms with van der Waals surface area (Å²) in [6.45, 7) is 2.01. The van der Waals surface area contributed by atoms with Crippen molar-refractivity contribution < 1.29 is 18.8 Å². The monoisotopic (exact) mass is 596 g/mol. The average molecular weight is 597 g/mol. The predicted molar refractivity (Wildman–Crippen MR) is 166 cm³/mol. The van der Waals surface area contributed by atoms with Gasteiger partial charge in [-0.25, -0.2) is 9.37 Å². The zero-order chi connectivity index (χ0) is 31.1. The van der Waals surface area contributed by atoms with Crippen LogP contribution in [0, 0.1) is 5.82 Å². The number of para-hydroxylation sites is 1. The van der Waals surface area contributed by atoms with Crippen LogP contribution in [-0.4, -0.2) is 30.8 Å². The zero-order valence-electron chi connectivity index (χ0n) is 24.4. The maximum Gasteiger partial charge on any atom is 0.303 e. The molecule has 44 heavy (non-hydrogen) atoms. The number of benzene rings is 2. The molecule has 3 aromatic heterocycles. The van der Waals surface area contributed by atoms with Crippen LogP contribution < -0.4 is 21.7 Å². The maximum absolute atomic E-state index is 13.9. The fourth-order valence-electron chi connectivity index (χ4n) is 5.06. The lowest BCUT2D eigenvalue weighted by atomic mass is 10.1. The van der Waals surface area contributed by atoms with Crippen molar-refractivity contribution in [3.63, 3.8) is 0 Å². The number of halogens is 1. The summed E-state index contributed by atoms with van der Waals surface area (Å²) in [5, 5.41) is 15.1. The highest BCUT2D eigenvalue weighted by molar-refractivity contribution is 5.78. The van der Waals surface area contributed by atoms with E-state index in [4.69, 9.17) is 14.6 Å². The van der Waals surface area contributed by atoms with Crippen molar-refractivity contribution in [1.29, 1.82) is 0 Å². The van der Waals surface area contributed by atoms with Gasteiger partial charge in [-0.1, -0.05) is 48.9 Å². The van der Waals surface area contributed by atoms with Crippen LogP contribution in [0.1, 0.15) is 61.9 Å². The van der Waals surface area contributed by atoms with E-state index < -0.39 is 11.8 Å². The molecule has 0 amide bonds. The topological polar surface area (TPSA) is 131 Å². The molecule has 226 valence electrons. The number of carbonyl (C=O) groups is 1. The Kier molecular flexibility index (Phi) is 9.59. The Labute approximate surface area is 252 Å². The number of hydrogen-bond acceptors (Lipinski definition) is 6. The Morgan fingerprint density at radius 2 is 1.86 bits per heavy atom. The second-order valence-electron chi connectivity index (χ2n) is 10.6. The number of rotatable bonds is 12. The normalized spacial score (nSPS) is 12.3. The van der Waals surface area contributed by atoms with E-state index in [1.807, 2.05) is 49.4 Å². The van der Waals surface area contributed by atoms with Crippen LogP contribution >= 0.6 is 0 Å². The van der Waals surface area contributed by atoms with Crippen LogP contribution in [0.4, 0.5) is 4.39 Å². The van der Waals surface area contributed by atoms with Crippen LogP contribution in [0.3, 0.4) is 0 Å².